The Morgan fingerprint density at radius 3 is 2.39 bits per heavy atom. The van der Waals surface area contributed by atoms with Gasteiger partial charge in [0.1, 0.15) is 6.61 Å². The van der Waals surface area contributed by atoms with Crippen LogP contribution in [0, 0.1) is 28.6 Å². The number of hydrogen-bond acceptors (Lipinski definition) is 9. The van der Waals surface area contributed by atoms with Crippen LogP contribution in [0.2, 0.25) is 0 Å². The maximum Gasteiger partial charge on any atom is 0.347 e. The monoisotopic (exact) mass is 500 g/mol. The quantitative estimate of drug-likeness (QED) is 0.444. The first kappa shape index (κ1) is 25.9. The molecule has 1 heterocycles. The number of ether oxygens (including phenoxy) is 4. The van der Waals surface area contributed by atoms with Gasteiger partial charge in [-0.15, -0.1) is 0 Å². The number of methoxy groups -OCH3 is 1. The fraction of sp³-hybridized carbons (Fsp3) is 0.593. The second-order valence-corrected chi connectivity index (χ2v) is 10.6. The fourth-order valence-corrected chi connectivity index (χ4v) is 6.77. The van der Waals surface area contributed by atoms with Crippen molar-refractivity contribution in [2.75, 3.05) is 7.11 Å². The zero-order valence-electron chi connectivity index (χ0n) is 21.0. The second-order valence-electron chi connectivity index (χ2n) is 10.6. The number of carbonyl (C=O) groups is 5. The summed E-state index contributed by atoms with van der Waals surface area (Å²) in [6.45, 7) is 4.87. The average molecular weight is 501 g/mol. The zero-order chi connectivity index (χ0) is 26.3. The molecule has 2 aliphatic carbocycles. The van der Waals surface area contributed by atoms with Gasteiger partial charge in [0.2, 0.25) is 0 Å². The second kappa shape index (κ2) is 9.67. The lowest BCUT2D eigenvalue weighted by atomic mass is 9.43. The van der Waals surface area contributed by atoms with Gasteiger partial charge >= 0.3 is 23.9 Å². The number of fused-ring (bicyclic) bond motifs is 3. The van der Waals surface area contributed by atoms with E-state index in [0.717, 1.165) is 5.56 Å². The molecule has 0 radical (unpaired) electrons. The molecule has 4 rings (SSSR count). The Labute approximate surface area is 209 Å². The number of carbonyl (C=O) groups excluding carboxylic acids is 5. The van der Waals surface area contributed by atoms with Gasteiger partial charge in [0.05, 0.1) is 18.9 Å². The Morgan fingerprint density at radius 1 is 1.06 bits per heavy atom. The van der Waals surface area contributed by atoms with E-state index in [1.807, 2.05) is 37.3 Å². The van der Waals surface area contributed by atoms with Crippen molar-refractivity contribution in [2.45, 2.75) is 65.3 Å². The van der Waals surface area contributed by atoms with E-state index in [9.17, 15) is 24.0 Å². The van der Waals surface area contributed by atoms with E-state index in [2.05, 4.69) is 0 Å². The van der Waals surface area contributed by atoms with E-state index in [1.165, 1.54) is 14.0 Å². The Balaban J connectivity index is 1.66. The molecule has 7 atom stereocenters. The van der Waals surface area contributed by atoms with Gasteiger partial charge in [0.25, 0.3) is 0 Å². The standard InChI is InChI=1S/C27H32O9/c1-15(28)35-19-12-18(23(30)33-4)26(2)11-10-17-24(31)36-20(13-27(17,3)22(26)21(19)29)25(32)34-14-16-8-6-5-7-9-16/h5-9,17-20,22H,10-14H2,1-4H3/t17-,18-,19-,20-,22-,26-,27-/m0/s1. The van der Waals surface area contributed by atoms with Crippen molar-refractivity contribution in [3.05, 3.63) is 35.9 Å². The highest BCUT2D eigenvalue weighted by molar-refractivity contribution is 5.93. The maximum absolute atomic E-state index is 13.8. The van der Waals surface area contributed by atoms with Gasteiger partial charge in [0.15, 0.2) is 18.0 Å². The minimum Gasteiger partial charge on any atom is -0.469 e. The van der Waals surface area contributed by atoms with Crippen LogP contribution >= 0.6 is 0 Å². The Bertz CT molecular complexity index is 1070. The van der Waals surface area contributed by atoms with Crippen molar-refractivity contribution >= 4 is 29.7 Å². The largest absolute Gasteiger partial charge is 0.469 e. The molecule has 0 bridgehead atoms. The number of ketones is 1. The van der Waals surface area contributed by atoms with E-state index < -0.39 is 64.7 Å². The highest BCUT2D eigenvalue weighted by Gasteiger charge is 2.68. The molecule has 1 aromatic carbocycles. The molecule has 0 amide bonds. The normalized spacial score (nSPS) is 35.5. The van der Waals surface area contributed by atoms with Crippen molar-refractivity contribution in [1.82, 2.24) is 0 Å². The molecule has 194 valence electrons. The molecule has 1 saturated heterocycles. The van der Waals surface area contributed by atoms with Crippen LogP contribution in [0.1, 0.15) is 52.0 Å². The molecule has 3 aliphatic rings. The smallest absolute Gasteiger partial charge is 0.347 e. The van der Waals surface area contributed by atoms with Crippen LogP contribution < -0.4 is 0 Å². The molecule has 0 unspecified atom stereocenters. The van der Waals surface area contributed by atoms with Gasteiger partial charge in [-0.2, -0.15) is 0 Å². The summed E-state index contributed by atoms with van der Waals surface area (Å²) in [6, 6.07) is 9.12. The van der Waals surface area contributed by atoms with Crippen molar-refractivity contribution in [2.24, 2.45) is 28.6 Å². The van der Waals surface area contributed by atoms with Gasteiger partial charge in [-0.3, -0.25) is 19.2 Å². The first-order valence-corrected chi connectivity index (χ1v) is 12.2. The van der Waals surface area contributed by atoms with Crippen LogP contribution in [0.15, 0.2) is 30.3 Å². The maximum atomic E-state index is 13.8. The first-order valence-electron chi connectivity index (χ1n) is 12.2. The summed E-state index contributed by atoms with van der Waals surface area (Å²) >= 11 is 0. The molecule has 36 heavy (non-hydrogen) atoms. The van der Waals surface area contributed by atoms with Gasteiger partial charge in [-0.25, -0.2) is 4.79 Å². The molecule has 1 aromatic rings. The molecule has 3 fully saturated rings. The third-order valence-electron chi connectivity index (χ3n) is 8.38. The number of rotatable bonds is 5. The van der Waals surface area contributed by atoms with Crippen molar-refractivity contribution in [3.8, 4) is 0 Å². The predicted molar refractivity (Wildman–Crippen MR) is 124 cm³/mol. The van der Waals surface area contributed by atoms with E-state index >= 15 is 0 Å². The van der Waals surface area contributed by atoms with E-state index in [4.69, 9.17) is 18.9 Å². The first-order chi connectivity index (χ1) is 17.0. The van der Waals surface area contributed by atoms with Crippen LogP contribution in [0.5, 0.6) is 0 Å². The van der Waals surface area contributed by atoms with Crippen molar-refractivity contribution in [3.63, 3.8) is 0 Å². The minimum atomic E-state index is -1.19. The lowest BCUT2D eigenvalue weighted by Gasteiger charge is -2.60. The summed E-state index contributed by atoms with van der Waals surface area (Å²) in [5.41, 5.74) is -1.07. The molecule has 9 heteroatoms. The zero-order valence-corrected chi connectivity index (χ0v) is 21.0. The molecule has 1 aliphatic heterocycles. The van der Waals surface area contributed by atoms with Gasteiger partial charge in [0, 0.05) is 25.7 Å². The SMILES string of the molecule is COC(=O)[C@@H]1C[C@H](OC(C)=O)C(=O)[C@H]2[C@@]1(C)CC[C@H]1C(=O)O[C@H](C(=O)OCc3ccccc3)C[C@]21C. The number of benzene rings is 1. The molecule has 9 nitrogen and oxygen atoms in total. The van der Waals surface area contributed by atoms with Gasteiger partial charge in [-0.1, -0.05) is 44.2 Å². The minimum absolute atomic E-state index is 0.0197. The topological polar surface area (TPSA) is 122 Å². The van der Waals surface area contributed by atoms with Gasteiger partial charge in [-0.05, 0) is 29.2 Å². The van der Waals surface area contributed by atoms with Crippen LogP contribution in [0.3, 0.4) is 0 Å². The molecule has 0 aromatic heterocycles. The lowest BCUT2D eigenvalue weighted by molar-refractivity contribution is -0.214. The highest BCUT2D eigenvalue weighted by atomic mass is 16.6. The molecular formula is C27H32O9. The predicted octanol–water partition coefficient (Wildman–Crippen LogP) is 2.78. The van der Waals surface area contributed by atoms with E-state index in [-0.39, 0.29) is 25.2 Å². The highest BCUT2D eigenvalue weighted by Crippen LogP contribution is 2.64. The van der Waals surface area contributed by atoms with E-state index in [0.29, 0.717) is 12.8 Å². The van der Waals surface area contributed by atoms with Crippen LogP contribution in [0.4, 0.5) is 0 Å². The molecule has 2 saturated carbocycles. The van der Waals surface area contributed by atoms with E-state index in [1.54, 1.807) is 6.92 Å². The Hall–Kier alpha value is -3.23. The van der Waals surface area contributed by atoms with Gasteiger partial charge < -0.3 is 18.9 Å². The number of cyclic esters (lactones) is 1. The average Bonchev–Trinajstić information content (AvgIpc) is 2.83. The lowest BCUT2D eigenvalue weighted by Crippen LogP contribution is -2.65. The number of Topliss-reactive ketones (excluding diaryl/α,β-unsaturated/α-hetero) is 1. The van der Waals surface area contributed by atoms with Crippen molar-refractivity contribution < 1.29 is 42.9 Å². The number of esters is 4. The Morgan fingerprint density at radius 2 is 1.75 bits per heavy atom. The van der Waals surface area contributed by atoms with Crippen LogP contribution in [0.25, 0.3) is 0 Å². The summed E-state index contributed by atoms with van der Waals surface area (Å²) in [7, 11) is 1.28. The fourth-order valence-electron chi connectivity index (χ4n) is 6.77. The summed E-state index contributed by atoms with van der Waals surface area (Å²) < 4.78 is 21.3. The van der Waals surface area contributed by atoms with Crippen LogP contribution in [-0.4, -0.2) is 49.0 Å². The molecular weight excluding hydrogens is 468 g/mol. The summed E-state index contributed by atoms with van der Waals surface area (Å²) in [6.07, 6.45) is -1.44. The summed E-state index contributed by atoms with van der Waals surface area (Å²) in [5, 5.41) is 0. The Kier molecular flexibility index (Phi) is 6.94. The third kappa shape index (κ3) is 4.40. The summed E-state index contributed by atoms with van der Waals surface area (Å²) in [4.78, 5) is 64.5. The summed E-state index contributed by atoms with van der Waals surface area (Å²) in [5.74, 6) is -4.92. The molecule has 0 spiro atoms. The van der Waals surface area contributed by atoms with Crippen LogP contribution in [-0.2, 0) is 49.5 Å². The van der Waals surface area contributed by atoms with Crippen molar-refractivity contribution in [1.29, 1.82) is 0 Å². The third-order valence-corrected chi connectivity index (χ3v) is 8.38. The molecule has 0 N–H and O–H groups in total. The number of hydrogen-bond donors (Lipinski definition) is 0.